The van der Waals surface area contributed by atoms with Crippen LogP contribution in [0.1, 0.15) is 0 Å². The van der Waals surface area contributed by atoms with Gasteiger partial charge in [0.05, 0.1) is 0 Å². The predicted octanol–water partition coefficient (Wildman–Crippen LogP) is -0.724. The van der Waals surface area contributed by atoms with Crippen LogP contribution in [0.2, 0.25) is 0 Å². The van der Waals surface area contributed by atoms with E-state index in [1.807, 2.05) is 0 Å². The summed E-state index contributed by atoms with van der Waals surface area (Å²) in [5, 5.41) is 30.5. The van der Waals surface area contributed by atoms with Gasteiger partial charge >= 0.3 is 24.0 Å². The van der Waals surface area contributed by atoms with Gasteiger partial charge in [-0.15, -0.1) is 0 Å². The number of ether oxygens (including phenoxy) is 4. The normalized spacial score (nSPS) is 11.6. The molecule has 0 aliphatic carbocycles. The Morgan fingerprint density at radius 3 is 1.28 bits per heavy atom. The van der Waals surface area contributed by atoms with Crippen molar-refractivity contribution in [1.82, 2.24) is 31.1 Å². The number of nitrogens with one attached hydrogen (secondary N) is 4. The summed E-state index contributed by atoms with van der Waals surface area (Å²) in [7, 11) is 6.46. The lowest BCUT2D eigenvalue weighted by molar-refractivity contribution is -0.175. The zero-order valence-electron chi connectivity index (χ0n) is 27.0. The number of carbonyl (C=O) groups excluding carboxylic acids is 4. The van der Waals surface area contributed by atoms with Gasteiger partial charge < -0.3 is 65.7 Å². The molecule has 2 aromatic carbocycles. The summed E-state index contributed by atoms with van der Waals surface area (Å²) in [5.74, 6) is -1.60. The fraction of sp³-hybridized carbons (Fsp3) is 0.467. The van der Waals surface area contributed by atoms with Crippen molar-refractivity contribution in [1.29, 1.82) is 0 Å². The van der Waals surface area contributed by atoms with Crippen LogP contribution in [0.4, 0.5) is 9.59 Å². The van der Waals surface area contributed by atoms with Crippen molar-refractivity contribution in [2.45, 2.75) is 12.2 Å². The molecule has 0 aliphatic heterocycles. The molecule has 0 fully saturated rings. The maximum absolute atomic E-state index is 12.8. The third-order valence-corrected chi connectivity index (χ3v) is 5.97. The van der Waals surface area contributed by atoms with Gasteiger partial charge in [0.1, 0.15) is 48.4 Å². The second kappa shape index (κ2) is 21.7. The van der Waals surface area contributed by atoms with E-state index in [0.717, 1.165) is 0 Å². The topological polar surface area (TPSA) is 232 Å². The van der Waals surface area contributed by atoms with Gasteiger partial charge in [0.15, 0.2) is 0 Å². The molecular formula is C30H46N6O11. The molecule has 262 valence electrons. The van der Waals surface area contributed by atoms with Gasteiger partial charge in [-0.3, -0.25) is 0 Å². The van der Waals surface area contributed by atoms with Crippen molar-refractivity contribution in [2.24, 2.45) is 0 Å². The number of rotatable bonds is 18. The number of hydrogen-bond donors (Lipinski definition) is 6. The van der Waals surface area contributed by atoms with E-state index in [1.54, 1.807) is 28.2 Å². The van der Waals surface area contributed by atoms with E-state index in [2.05, 4.69) is 21.3 Å². The van der Waals surface area contributed by atoms with Crippen molar-refractivity contribution < 1.29 is 53.8 Å². The van der Waals surface area contributed by atoms with Gasteiger partial charge in [-0.2, -0.15) is 0 Å². The summed E-state index contributed by atoms with van der Waals surface area (Å²) in [4.78, 5) is 51.8. The van der Waals surface area contributed by atoms with Crippen molar-refractivity contribution in [2.75, 3.05) is 80.7 Å². The molecule has 4 amide bonds. The molecule has 0 heterocycles. The third-order valence-electron chi connectivity index (χ3n) is 5.97. The van der Waals surface area contributed by atoms with Crippen molar-refractivity contribution in [3.63, 3.8) is 0 Å². The Morgan fingerprint density at radius 2 is 0.957 bits per heavy atom. The molecule has 0 spiro atoms. The number of esters is 2. The fourth-order valence-corrected chi connectivity index (χ4v) is 3.49. The van der Waals surface area contributed by atoms with Crippen LogP contribution in [0, 0.1) is 0 Å². The molecule has 47 heavy (non-hydrogen) atoms. The highest BCUT2D eigenvalue weighted by Crippen LogP contribution is 2.17. The van der Waals surface area contributed by atoms with Crippen molar-refractivity contribution >= 4 is 24.0 Å². The second-order valence-corrected chi connectivity index (χ2v) is 10.3. The minimum absolute atomic E-state index is 0. The molecule has 0 saturated heterocycles. The van der Waals surface area contributed by atoms with Crippen LogP contribution in [-0.4, -0.2) is 142 Å². The molecule has 2 aromatic rings. The number of urea groups is 2. The first-order valence-corrected chi connectivity index (χ1v) is 14.5. The average Bonchev–Trinajstić information content (AvgIpc) is 3.02. The van der Waals surface area contributed by atoms with Gasteiger partial charge in [-0.05, 0) is 48.5 Å². The molecule has 17 nitrogen and oxygen atoms in total. The van der Waals surface area contributed by atoms with Crippen LogP contribution < -0.4 is 30.7 Å². The highest BCUT2D eigenvalue weighted by molar-refractivity contribution is 6.29. The van der Waals surface area contributed by atoms with Crippen LogP contribution in [0.5, 0.6) is 23.0 Å². The van der Waals surface area contributed by atoms with E-state index < -0.39 is 24.1 Å². The lowest BCUT2D eigenvalue weighted by Gasteiger charge is -2.21. The standard InChI is InChI=1S/C30H44N6O10.H2O/c1-35(2)29(41)33-15-13-31-17-25(19-43-23-9-5-21(37)6-10-23)45-27(39)28(40)46-26(18-32-14-16-34-30(42)36(3)4)20-44-24-11-7-22(38)8-12-24;/h5-12,25-26,31-32,37-38H,13-20H2,1-4H3,(H,33,41)(H,34,42);1H2. The largest absolute Gasteiger partial charge is 0.508 e. The number of aromatic hydroxyl groups is 2. The van der Waals surface area contributed by atoms with Gasteiger partial charge in [0.2, 0.25) is 0 Å². The first kappa shape index (κ1) is 40.0. The molecule has 0 saturated carbocycles. The number of amides is 4. The minimum Gasteiger partial charge on any atom is -0.508 e. The molecule has 0 bridgehead atoms. The minimum atomic E-state index is -1.25. The maximum atomic E-state index is 12.8. The van der Waals surface area contributed by atoms with E-state index in [-0.39, 0.29) is 55.3 Å². The van der Waals surface area contributed by atoms with Crippen LogP contribution in [0.3, 0.4) is 0 Å². The fourth-order valence-electron chi connectivity index (χ4n) is 3.49. The molecule has 0 radical (unpaired) electrons. The summed E-state index contributed by atoms with van der Waals surface area (Å²) in [6.45, 7) is 1.19. The molecular weight excluding hydrogens is 620 g/mol. The van der Waals surface area contributed by atoms with E-state index in [1.165, 1.54) is 58.3 Å². The van der Waals surface area contributed by atoms with Crippen LogP contribution >= 0.6 is 0 Å². The Morgan fingerprint density at radius 1 is 0.617 bits per heavy atom. The van der Waals surface area contributed by atoms with Gasteiger partial charge in [0.25, 0.3) is 0 Å². The second-order valence-electron chi connectivity index (χ2n) is 10.3. The van der Waals surface area contributed by atoms with Gasteiger partial charge in [-0.1, -0.05) is 0 Å². The molecule has 8 N–H and O–H groups in total. The summed E-state index contributed by atoms with van der Waals surface area (Å²) >= 11 is 0. The molecule has 17 heteroatoms. The number of phenols is 2. The first-order valence-electron chi connectivity index (χ1n) is 14.5. The predicted molar refractivity (Wildman–Crippen MR) is 170 cm³/mol. The number of nitrogens with zero attached hydrogens (tertiary/aromatic N) is 2. The average molecular weight is 667 g/mol. The third kappa shape index (κ3) is 16.8. The van der Waals surface area contributed by atoms with Crippen molar-refractivity contribution in [3.8, 4) is 23.0 Å². The highest BCUT2D eigenvalue weighted by Gasteiger charge is 2.26. The molecule has 0 aromatic heterocycles. The summed E-state index contributed by atoms with van der Waals surface area (Å²) in [5.41, 5.74) is 0. The molecule has 2 atom stereocenters. The number of benzene rings is 2. The first-order chi connectivity index (χ1) is 21.9. The number of phenolic OH excluding ortho intramolecular Hbond substituents is 2. The summed E-state index contributed by atoms with van der Waals surface area (Å²) < 4.78 is 22.2. The zero-order valence-corrected chi connectivity index (χ0v) is 27.0. The SMILES string of the molecule is CN(C)C(=O)NCCNCC(COc1ccc(O)cc1)OC(=O)C(=O)OC(CNCCNC(=O)N(C)C)COc1ccc(O)cc1.O. The monoisotopic (exact) mass is 666 g/mol. The Kier molecular flexibility index (Phi) is 18.5. The number of carbonyl (C=O) groups is 4. The van der Waals surface area contributed by atoms with E-state index >= 15 is 0 Å². The van der Waals surface area contributed by atoms with Gasteiger partial charge in [0, 0.05) is 67.5 Å². The molecule has 0 aliphatic rings. The Balaban J connectivity index is 0.0000110. The lowest BCUT2D eigenvalue weighted by atomic mass is 10.3. The Bertz CT molecular complexity index is 1130. The van der Waals surface area contributed by atoms with E-state index in [0.29, 0.717) is 37.7 Å². The Labute approximate surface area is 273 Å². The lowest BCUT2D eigenvalue weighted by Crippen LogP contribution is -2.43. The molecule has 2 unspecified atom stereocenters. The van der Waals surface area contributed by atoms with E-state index in [9.17, 15) is 29.4 Å². The summed E-state index contributed by atoms with van der Waals surface area (Å²) in [6.07, 6.45) is -1.85. The smallest absolute Gasteiger partial charge is 0.417 e. The quantitative estimate of drug-likeness (QED) is 0.0657. The zero-order chi connectivity index (χ0) is 33.9. The molecule has 2 rings (SSSR count). The number of hydrogen-bond acceptors (Lipinski definition) is 12. The van der Waals surface area contributed by atoms with Crippen LogP contribution in [0.15, 0.2) is 48.5 Å². The summed E-state index contributed by atoms with van der Waals surface area (Å²) in [6, 6.07) is 11.3. The van der Waals surface area contributed by atoms with E-state index in [4.69, 9.17) is 18.9 Å². The van der Waals surface area contributed by atoms with Gasteiger partial charge in [-0.25, -0.2) is 19.2 Å². The Hall–Kier alpha value is -5.00. The highest BCUT2D eigenvalue weighted by atomic mass is 16.6. The van der Waals surface area contributed by atoms with Crippen molar-refractivity contribution in [3.05, 3.63) is 48.5 Å². The van der Waals surface area contributed by atoms with Crippen LogP contribution in [0.25, 0.3) is 0 Å². The van der Waals surface area contributed by atoms with Crippen LogP contribution in [-0.2, 0) is 19.1 Å². The maximum Gasteiger partial charge on any atom is 0.417 e.